The highest BCUT2D eigenvalue weighted by atomic mass is 32.2. The van der Waals surface area contributed by atoms with Gasteiger partial charge in [0.25, 0.3) is 0 Å². The highest BCUT2D eigenvalue weighted by Crippen LogP contribution is 2.02. The number of hydrogen-bond donors (Lipinski definition) is 0. The molecule has 0 saturated heterocycles. The van der Waals surface area contributed by atoms with E-state index in [4.69, 9.17) is 0 Å². The van der Waals surface area contributed by atoms with Crippen LogP contribution in [0.15, 0.2) is 40.4 Å². The van der Waals surface area contributed by atoms with Crippen molar-refractivity contribution < 1.29 is 0 Å². The minimum absolute atomic E-state index is 1.11. The molecule has 0 radical (unpaired) electrons. The molecule has 0 spiro atoms. The first-order valence-corrected chi connectivity index (χ1v) is 4.96. The predicted molar refractivity (Wildman–Crippen MR) is 59.7 cm³/mol. The maximum absolute atomic E-state index is 4.07. The molecule has 1 nitrogen and oxygen atoms in total. The Kier molecular flexibility index (Phi) is 6.48. The van der Waals surface area contributed by atoms with Crippen LogP contribution in [0.2, 0.25) is 0 Å². The SMILES string of the molecule is C=C/C(C)=C\C(C=NSC)=CC. The van der Waals surface area contributed by atoms with E-state index in [9.17, 15) is 0 Å². The molecule has 2 heteroatoms. The third kappa shape index (κ3) is 4.97. The summed E-state index contributed by atoms with van der Waals surface area (Å²) in [6, 6.07) is 0. The molecule has 0 amide bonds. The molecule has 0 atom stereocenters. The third-order valence-corrected chi connectivity index (χ3v) is 1.67. The van der Waals surface area contributed by atoms with Gasteiger partial charge < -0.3 is 0 Å². The largest absolute Gasteiger partial charge is 0.224 e. The van der Waals surface area contributed by atoms with Crippen molar-refractivity contribution in [1.29, 1.82) is 0 Å². The van der Waals surface area contributed by atoms with E-state index in [2.05, 4.69) is 11.0 Å². The monoisotopic (exact) mass is 181 g/mol. The van der Waals surface area contributed by atoms with Crippen molar-refractivity contribution in [3.8, 4) is 0 Å². The minimum Gasteiger partial charge on any atom is -0.224 e. The summed E-state index contributed by atoms with van der Waals surface area (Å²) in [7, 11) is 0. The summed E-state index contributed by atoms with van der Waals surface area (Å²) in [5.41, 5.74) is 2.26. The van der Waals surface area contributed by atoms with Gasteiger partial charge in [-0.2, -0.15) is 0 Å². The molecule has 0 aliphatic carbocycles. The summed E-state index contributed by atoms with van der Waals surface area (Å²) in [5.74, 6) is 0. The van der Waals surface area contributed by atoms with Gasteiger partial charge in [0.1, 0.15) is 0 Å². The Bertz CT molecular complexity index is 224. The maximum Gasteiger partial charge on any atom is 0.0420 e. The fraction of sp³-hybridized carbons (Fsp3) is 0.300. The number of nitrogens with zero attached hydrogens (tertiary/aromatic N) is 1. The minimum atomic E-state index is 1.11. The van der Waals surface area contributed by atoms with Crippen LogP contribution in [0, 0.1) is 0 Å². The Balaban J connectivity index is 4.39. The molecule has 0 aliphatic rings. The summed E-state index contributed by atoms with van der Waals surface area (Å²) in [5, 5.41) is 0. The molecule has 66 valence electrons. The highest BCUT2D eigenvalue weighted by Gasteiger charge is 1.85. The van der Waals surface area contributed by atoms with Gasteiger partial charge in [0.05, 0.1) is 0 Å². The maximum atomic E-state index is 4.07. The Morgan fingerprint density at radius 2 is 2.17 bits per heavy atom. The number of hydrogen-bond acceptors (Lipinski definition) is 2. The molecule has 0 aliphatic heterocycles. The van der Waals surface area contributed by atoms with Gasteiger partial charge in [-0.1, -0.05) is 30.4 Å². The van der Waals surface area contributed by atoms with E-state index in [0.29, 0.717) is 0 Å². The van der Waals surface area contributed by atoms with E-state index in [0.717, 1.165) is 11.1 Å². The summed E-state index contributed by atoms with van der Waals surface area (Å²) in [6.45, 7) is 7.69. The molecule has 0 aromatic rings. The molecule has 12 heavy (non-hydrogen) atoms. The molecular formula is C10H15NS. The van der Waals surface area contributed by atoms with Crippen molar-refractivity contribution in [2.45, 2.75) is 13.8 Å². The first-order valence-electron chi connectivity index (χ1n) is 3.78. The molecule has 0 heterocycles. The van der Waals surface area contributed by atoms with E-state index < -0.39 is 0 Å². The van der Waals surface area contributed by atoms with Crippen molar-refractivity contribution in [3.63, 3.8) is 0 Å². The molecule has 0 bridgehead atoms. The summed E-state index contributed by atoms with van der Waals surface area (Å²) < 4.78 is 4.07. The third-order valence-electron chi connectivity index (χ3n) is 1.36. The molecule has 0 aromatic heterocycles. The van der Waals surface area contributed by atoms with Crippen LogP contribution >= 0.6 is 11.9 Å². The highest BCUT2D eigenvalue weighted by molar-refractivity contribution is 7.97. The van der Waals surface area contributed by atoms with Crippen LogP contribution in [0.4, 0.5) is 0 Å². The van der Waals surface area contributed by atoms with E-state index >= 15 is 0 Å². The quantitative estimate of drug-likeness (QED) is 0.368. The van der Waals surface area contributed by atoms with Crippen LogP contribution in [-0.4, -0.2) is 12.5 Å². The van der Waals surface area contributed by atoms with Gasteiger partial charge in [0.15, 0.2) is 0 Å². The van der Waals surface area contributed by atoms with Crippen LogP contribution < -0.4 is 0 Å². The summed E-state index contributed by atoms with van der Waals surface area (Å²) >= 11 is 1.45. The first-order chi connectivity index (χ1) is 5.74. The van der Waals surface area contributed by atoms with Gasteiger partial charge >= 0.3 is 0 Å². The van der Waals surface area contributed by atoms with E-state index in [1.165, 1.54) is 11.9 Å². The molecule has 0 aromatic carbocycles. The van der Waals surface area contributed by atoms with Crippen molar-refractivity contribution in [2.75, 3.05) is 6.26 Å². The Hall–Kier alpha value is -0.760. The average molecular weight is 181 g/mol. The number of allylic oxidation sites excluding steroid dienone is 5. The lowest BCUT2D eigenvalue weighted by molar-refractivity contribution is 1.51. The molecular weight excluding hydrogens is 166 g/mol. The van der Waals surface area contributed by atoms with Gasteiger partial charge in [-0.05, 0) is 31.4 Å². The second-order valence-electron chi connectivity index (χ2n) is 2.30. The van der Waals surface area contributed by atoms with Crippen LogP contribution in [0.25, 0.3) is 0 Å². The van der Waals surface area contributed by atoms with Gasteiger partial charge in [-0.3, -0.25) is 0 Å². The van der Waals surface area contributed by atoms with Crippen LogP contribution in [-0.2, 0) is 0 Å². The second-order valence-corrected chi connectivity index (χ2v) is 2.87. The van der Waals surface area contributed by atoms with Crippen LogP contribution in [0.5, 0.6) is 0 Å². The first kappa shape index (κ1) is 11.2. The van der Waals surface area contributed by atoms with Crippen molar-refractivity contribution >= 4 is 18.2 Å². The van der Waals surface area contributed by atoms with Gasteiger partial charge in [-0.15, -0.1) is 0 Å². The molecule has 0 rings (SSSR count). The van der Waals surface area contributed by atoms with Crippen molar-refractivity contribution in [1.82, 2.24) is 0 Å². The van der Waals surface area contributed by atoms with E-state index in [-0.39, 0.29) is 0 Å². The Labute approximate surface area is 79.1 Å². The summed E-state index contributed by atoms with van der Waals surface area (Å²) in [4.78, 5) is 0. The topological polar surface area (TPSA) is 12.4 Å². The van der Waals surface area contributed by atoms with Gasteiger partial charge in [0.2, 0.25) is 0 Å². The smallest absolute Gasteiger partial charge is 0.0420 e. The van der Waals surface area contributed by atoms with Crippen molar-refractivity contribution in [3.05, 3.63) is 36.0 Å². The second kappa shape index (κ2) is 6.92. The zero-order valence-corrected chi connectivity index (χ0v) is 8.69. The lowest BCUT2D eigenvalue weighted by atomic mass is 10.2. The normalized spacial score (nSPS) is 13.9. The van der Waals surface area contributed by atoms with Crippen LogP contribution in [0.1, 0.15) is 13.8 Å². The standard InChI is InChI=1S/C10H15NS/c1-5-9(3)7-10(6-2)8-11-12-4/h5-8H,1H2,2-4H3/b9-7-,10-6?,11-8?. The molecule has 0 N–H and O–H groups in total. The zero-order chi connectivity index (χ0) is 9.40. The zero-order valence-electron chi connectivity index (χ0n) is 7.87. The van der Waals surface area contributed by atoms with Gasteiger partial charge in [-0.25, -0.2) is 4.40 Å². The lowest BCUT2D eigenvalue weighted by Gasteiger charge is -1.93. The Morgan fingerprint density at radius 1 is 1.50 bits per heavy atom. The van der Waals surface area contributed by atoms with E-state index in [1.54, 1.807) is 0 Å². The fourth-order valence-electron chi connectivity index (χ4n) is 0.631. The van der Waals surface area contributed by atoms with Gasteiger partial charge in [0, 0.05) is 12.5 Å². The molecule has 0 unspecified atom stereocenters. The van der Waals surface area contributed by atoms with Crippen LogP contribution in [0.3, 0.4) is 0 Å². The fourth-order valence-corrected chi connectivity index (χ4v) is 0.858. The molecule has 0 fully saturated rings. The predicted octanol–water partition coefficient (Wildman–Crippen LogP) is 3.41. The van der Waals surface area contributed by atoms with Crippen molar-refractivity contribution in [2.24, 2.45) is 4.40 Å². The van der Waals surface area contributed by atoms with E-state index in [1.807, 2.05) is 44.5 Å². The lowest BCUT2D eigenvalue weighted by Crippen LogP contribution is -1.79. The number of rotatable bonds is 4. The summed E-state index contributed by atoms with van der Waals surface area (Å²) in [6.07, 6.45) is 9.68. The molecule has 0 saturated carbocycles. The Morgan fingerprint density at radius 3 is 2.58 bits per heavy atom. The average Bonchev–Trinajstić information content (AvgIpc) is 2.11.